The Morgan fingerprint density at radius 2 is 2.41 bits per heavy atom. The molecule has 2 N–H and O–H groups in total. The van der Waals surface area contributed by atoms with Crippen molar-refractivity contribution in [3.05, 3.63) is 28.8 Å². The molecule has 1 heterocycles. The second kappa shape index (κ2) is 5.90. The molecule has 0 aromatic heterocycles. The van der Waals surface area contributed by atoms with Gasteiger partial charge in [-0.3, -0.25) is 0 Å². The molecule has 1 aromatic carbocycles. The molecule has 1 fully saturated rings. The summed E-state index contributed by atoms with van der Waals surface area (Å²) in [5.74, 6) is 0. The largest absolute Gasteiger partial charge is 0.384 e. The van der Waals surface area contributed by atoms with Gasteiger partial charge in [-0.15, -0.1) is 0 Å². The zero-order valence-electron chi connectivity index (χ0n) is 9.67. The van der Waals surface area contributed by atoms with E-state index >= 15 is 0 Å². The monoisotopic (exact) mass is 249 g/mol. The van der Waals surface area contributed by atoms with Gasteiger partial charge in [0.1, 0.15) is 6.07 Å². The molecule has 0 aliphatic carbocycles. The molecule has 3 nitrogen and oxygen atoms in total. The van der Waals surface area contributed by atoms with Crippen molar-refractivity contribution >= 4 is 17.3 Å². The van der Waals surface area contributed by atoms with Crippen molar-refractivity contribution in [2.75, 3.05) is 18.4 Å². The zero-order chi connectivity index (χ0) is 12.1. The van der Waals surface area contributed by atoms with E-state index in [1.54, 1.807) is 12.1 Å². The standard InChI is InChI=1S/C13H16ClN3/c14-11-4-3-10(9-15)13(8-11)17-7-5-12-2-1-6-16-12/h3-4,8,12,16-17H,1-2,5-7H2/t12-/m1/s1. The summed E-state index contributed by atoms with van der Waals surface area (Å²) in [6, 6.07) is 8.08. The summed E-state index contributed by atoms with van der Waals surface area (Å²) in [6.07, 6.45) is 3.60. The second-order valence-electron chi connectivity index (χ2n) is 4.31. The number of halogens is 1. The summed E-state index contributed by atoms with van der Waals surface area (Å²) >= 11 is 5.92. The number of hydrogen-bond acceptors (Lipinski definition) is 3. The first-order valence-electron chi connectivity index (χ1n) is 5.96. The Labute approximate surface area is 107 Å². The smallest absolute Gasteiger partial charge is 0.101 e. The van der Waals surface area contributed by atoms with Crippen LogP contribution >= 0.6 is 11.6 Å². The van der Waals surface area contributed by atoms with Gasteiger partial charge in [-0.2, -0.15) is 5.26 Å². The zero-order valence-corrected chi connectivity index (χ0v) is 10.4. The molecular formula is C13H16ClN3. The summed E-state index contributed by atoms with van der Waals surface area (Å²) in [5.41, 5.74) is 1.48. The normalized spacial score (nSPS) is 18.9. The van der Waals surface area contributed by atoms with Gasteiger partial charge in [0.2, 0.25) is 0 Å². The summed E-state index contributed by atoms with van der Waals surface area (Å²) in [5, 5.41) is 16.4. The molecule has 1 atom stereocenters. The third kappa shape index (κ3) is 3.36. The minimum atomic E-state index is 0.618. The van der Waals surface area contributed by atoms with Crippen LogP contribution in [0.15, 0.2) is 18.2 Å². The Kier molecular flexibility index (Phi) is 4.24. The van der Waals surface area contributed by atoms with E-state index in [9.17, 15) is 0 Å². The highest BCUT2D eigenvalue weighted by Crippen LogP contribution is 2.20. The van der Waals surface area contributed by atoms with Crippen LogP contribution in [0.25, 0.3) is 0 Å². The molecule has 0 spiro atoms. The minimum Gasteiger partial charge on any atom is -0.384 e. The van der Waals surface area contributed by atoms with Gasteiger partial charge in [-0.05, 0) is 44.0 Å². The first-order valence-corrected chi connectivity index (χ1v) is 6.34. The van der Waals surface area contributed by atoms with E-state index in [2.05, 4.69) is 16.7 Å². The van der Waals surface area contributed by atoms with Gasteiger partial charge >= 0.3 is 0 Å². The first-order chi connectivity index (χ1) is 8.29. The van der Waals surface area contributed by atoms with Crippen LogP contribution in [0.5, 0.6) is 0 Å². The number of nitrogens with one attached hydrogen (secondary N) is 2. The fourth-order valence-corrected chi connectivity index (χ4v) is 2.32. The fraction of sp³-hybridized carbons (Fsp3) is 0.462. The third-order valence-corrected chi connectivity index (χ3v) is 3.31. The van der Waals surface area contributed by atoms with Crippen molar-refractivity contribution in [1.29, 1.82) is 5.26 Å². The molecule has 0 unspecified atom stereocenters. The Morgan fingerprint density at radius 1 is 1.53 bits per heavy atom. The lowest BCUT2D eigenvalue weighted by atomic mass is 10.1. The molecule has 1 aliphatic rings. The predicted octanol–water partition coefficient (Wildman–Crippen LogP) is 2.77. The van der Waals surface area contributed by atoms with Gasteiger partial charge in [-0.25, -0.2) is 0 Å². The highest BCUT2D eigenvalue weighted by atomic mass is 35.5. The quantitative estimate of drug-likeness (QED) is 0.863. The molecule has 4 heteroatoms. The Bertz CT molecular complexity index is 419. The first kappa shape index (κ1) is 12.2. The van der Waals surface area contributed by atoms with Gasteiger partial charge in [-0.1, -0.05) is 11.6 Å². The van der Waals surface area contributed by atoms with Crippen molar-refractivity contribution in [2.24, 2.45) is 0 Å². The lowest BCUT2D eigenvalue weighted by molar-refractivity contribution is 0.574. The van der Waals surface area contributed by atoms with Crippen LogP contribution in [0.3, 0.4) is 0 Å². The van der Waals surface area contributed by atoms with Crippen molar-refractivity contribution in [2.45, 2.75) is 25.3 Å². The topological polar surface area (TPSA) is 47.9 Å². The van der Waals surface area contributed by atoms with Crippen LogP contribution in [0.2, 0.25) is 5.02 Å². The minimum absolute atomic E-state index is 0.618. The van der Waals surface area contributed by atoms with Crippen LogP contribution in [0, 0.1) is 11.3 Å². The molecule has 0 radical (unpaired) electrons. The maximum atomic E-state index is 8.97. The molecular weight excluding hydrogens is 234 g/mol. The van der Waals surface area contributed by atoms with Crippen molar-refractivity contribution in [3.8, 4) is 6.07 Å². The van der Waals surface area contributed by atoms with Gasteiger partial charge in [0, 0.05) is 17.6 Å². The maximum absolute atomic E-state index is 8.97. The molecule has 2 rings (SSSR count). The molecule has 1 saturated heterocycles. The van der Waals surface area contributed by atoms with E-state index in [1.807, 2.05) is 6.07 Å². The Balaban J connectivity index is 1.89. The van der Waals surface area contributed by atoms with Crippen LogP contribution in [0.1, 0.15) is 24.8 Å². The lowest BCUT2D eigenvalue weighted by Gasteiger charge is -2.12. The average molecular weight is 250 g/mol. The summed E-state index contributed by atoms with van der Waals surface area (Å²) in [6.45, 7) is 2.00. The molecule has 0 saturated carbocycles. The number of nitrogens with zero attached hydrogens (tertiary/aromatic N) is 1. The lowest BCUT2D eigenvalue weighted by Crippen LogP contribution is -2.24. The maximum Gasteiger partial charge on any atom is 0.101 e. The van der Waals surface area contributed by atoms with Crippen LogP contribution in [-0.2, 0) is 0 Å². The Hall–Kier alpha value is -1.24. The molecule has 1 aromatic rings. The van der Waals surface area contributed by atoms with Crippen LogP contribution in [-0.4, -0.2) is 19.1 Å². The van der Waals surface area contributed by atoms with E-state index in [-0.39, 0.29) is 0 Å². The second-order valence-corrected chi connectivity index (χ2v) is 4.75. The molecule has 0 bridgehead atoms. The highest BCUT2D eigenvalue weighted by molar-refractivity contribution is 6.30. The number of hydrogen-bond donors (Lipinski definition) is 2. The van der Waals surface area contributed by atoms with Crippen molar-refractivity contribution in [1.82, 2.24) is 5.32 Å². The van der Waals surface area contributed by atoms with E-state index in [0.717, 1.165) is 25.2 Å². The van der Waals surface area contributed by atoms with E-state index in [0.29, 0.717) is 16.6 Å². The SMILES string of the molecule is N#Cc1ccc(Cl)cc1NCC[C@H]1CCCN1. The van der Waals surface area contributed by atoms with Crippen molar-refractivity contribution in [3.63, 3.8) is 0 Å². The molecule has 1 aliphatic heterocycles. The number of nitriles is 1. The average Bonchev–Trinajstić information content (AvgIpc) is 2.82. The Morgan fingerprint density at radius 3 is 3.12 bits per heavy atom. The van der Waals surface area contributed by atoms with E-state index in [1.165, 1.54) is 12.8 Å². The predicted molar refractivity (Wildman–Crippen MR) is 70.3 cm³/mol. The highest BCUT2D eigenvalue weighted by Gasteiger charge is 2.13. The fourth-order valence-electron chi connectivity index (χ4n) is 2.14. The van der Waals surface area contributed by atoms with E-state index in [4.69, 9.17) is 16.9 Å². The van der Waals surface area contributed by atoms with Crippen LogP contribution in [0.4, 0.5) is 5.69 Å². The number of benzene rings is 1. The summed E-state index contributed by atoms with van der Waals surface area (Å²) in [7, 11) is 0. The number of anilines is 1. The van der Waals surface area contributed by atoms with Gasteiger partial charge < -0.3 is 10.6 Å². The number of rotatable bonds is 4. The summed E-state index contributed by atoms with van der Waals surface area (Å²) < 4.78 is 0. The molecule has 90 valence electrons. The van der Waals surface area contributed by atoms with E-state index < -0.39 is 0 Å². The molecule has 17 heavy (non-hydrogen) atoms. The third-order valence-electron chi connectivity index (χ3n) is 3.07. The summed E-state index contributed by atoms with van der Waals surface area (Å²) in [4.78, 5) is 0. The van der Waals surface area contributed by atoms with Crippen LogP contribution < -0.4 is 10.6 Å². The van der Waals surface area contributed by atoms with Gasteiger partial charge in [0.05, 0.1) is 11.3 Å². The van der Waals surface area contributed by atoms with Gasteiger partial charge in [0.15, 0.2) is 0 Å². The van der Waals surface area contributed by atoms with Gasteiger partial charge in [0.25, 0.3) is 0 Å². The molecule has 0 amide bonds. The van der Waals surface area contributed by atoms with Crippen molar-refractivity contribution < 1.29 is 0 Å².